The summed E-state index contributed by atoms with van der Waals surface area (Å²) in [4.78, 5) is 23.0. The number of rotatable bonds is 12. The lowest BCUT2D eigenvalue weighted by atomic mass is 10.0. The molecule has 0 radical (unpaired) electrons. The van der Waals surface area contributed by atoms with Crippen LogP contribution in [-0.2, 0) is 19.6 Å². The second-order valence-corrected chi connectivity index (χ2v) is 9.92. The van der Waals surface area contributed by atoms with Crippen LogP contribution < -0.4 is 10.0 Å². The van der Waals surface area contributed by atoms with Gasteiger partial charge in [-0.2, -0.15) is 0 Å². The summed E-state index contributed by atoms with van der Waals surface area (Å²) in [6.07, 6.45) is 0.163. The molecule has 4 N–H and O–H groups in total. The van der Waals surface area contributed by atoms with E-state index < -0.39 is 34.0 Å². The summed E-state index contributed by atoms with van der Waals surface area (Å²) in [5, 5.41) is 21.3. The van der Waals surface area contributed by atoms with Gasteiger partial charge in [-0.05, 0) is 48.9 Å². The topological polar surface area (TPSA) is 133 Å². The maximum absolute atomic E-state index is 12.6. The fourth-order valence-electron chi connectivity index (χ4n) is 3.23. The highest BCUT2D eigenvalue weighted by Gasteiger charge is 2.27. The molecule has 0 heterocycles. The third kappa shape index (κ3) is 7.44. The Morgan fingerprint density at radius 2 is 1.38 bits per heavy atom. The van der Waals surface area contributed by atoms with Crippen molar-refractivity contribution in [2.75, 3.05) is 6.54 Å². The largest absolute Gasteiger partial charge is 0.480 e. The van der Waals surface area contributed by atoms with E-state index >= 15 is 0 Å². The van der Waals surface area contributed by atoms with Crippen molar-refractivity contribution in [3.63, 3.8) is 0 Å². The van der Waals surface area contributed by atoms with Gasteiger partial charge < -0.3 is 10.2 Å². The molecule has 0 aliphatic carbocycles. The van der Waals surface area contributed by atoms with Crippen molar-refractivity contribution in [1.29, 1.82) is 0 Å². The van der Waals surface area contributed by atoms with Crippen molar-refractivity contribution in [2.45, 2.75) is 50.6 Å². The van der Waals surface area contributed by atoms with E-state index in [9.17, 15) is 28.2 Å². The van der Waals surface area contributed by atoms with Gasteiger partial charge in [0.2, 0.25) is 10.0 Å². The summed E-state index contributed by atoms with van der Waals surface area (Å²) < 4.78 is 27.5. The zero-order valence-electron chi connectivity index (χ0n) is 18.4. The maximum Gasteiger partial charge on any atom is 0.320 e. The number of hydrogen-bond donors (Lipinski definition) is 4. The number of carboxylic acid groups (broad SMARTS) is 2. The number of benzene rings is 2. The smallest absolute Gasteiger partial charge is 0.320 e. The number of aliphatic carboxylic acids is 2. The van der Waals surface area contributed by atoms with E-state index in [0.717, 1.165) is 16.7 Å². The summed E-state index contributed by atoms with van der Waals surface area (Å²) in [5.74, 6) is -2.32. The van der Waals surface area contributed by atoms with Gasteiger partial charge in [-0.1, -0.05) is 55.8 Å². The van der Waals surface area contributed by atoms with Gasteiger partial charge in [0.05, 0.1) is 4.90 Å². The van der Waals surface area contributed by atoms with Crippen molar-refractivity contribution in [2.24, 2.45) is 5.92 Å². The van der Waals surface area contributed by atoms with Crippen LogP contribution in [0.25, 0.3) is 11.1 Å². The zero-order chi connectivity index (χ0) is 23.9. The van der Waals surface area contributed by atoms with Gasteiger partial charge >= 0.3 is 11.9 Å². The monoisotopic (exact) mass is 462 g/mol. The van der Waals surface area contributed by atoms with Crippen LogP contribution in [0.15, 0.2) is 53.4 Å². The number of aryl methyl sites for hydroxylation is 1. The van der Waals surface area contributed by atoms with Gasteiger partial charge in [-0.15, -0.1) is 0 Å². The minimum absolute atomic E-state index is 0.0550. The first kappa shape index (κ1) is 25.5. The predicted octanol–water partition coefficient (Wildman–Crippen LogP) is 2.87. The molecule has 0 aliphatic heterocycles. The number of carboxylic acids is 2. The molecule has 2 aromatic rings. The summed E-state index contributed by atoms with van der Waals surface area (Å²) in [7, 11) is -3.84. The molecular weight excluding hydrogens is 432 g/mol. The lowest BCUT2D eigenvalue weighted by Gasteiger charge is -2.21. The zero-order valence-corrected chi connectivity index (χ0v) is 19.2. The molecule has 0 fully saturated rings. The Kier molecular flexibility index (Phi) is 8.94. The summed E-state index contributed by atoms with van der Waals surface area (Å²) in [6, 6.07) is 12.1. The van der Waals surface area contributed by atoms with Crippen molar-refractivity contribution in [1.82, 2.24) is 10.0 Å². The second-order valence-electron chi connectivity index (χ2n) is 8.15. The van der Waals surface area contributed by atoms with Crippen LogP contribution in [0.3, 0.4) is 0 Å². The molecule has 8 nitrogen and oxygen atoms in total. The average Bonchev–Trinajstić information content (AvgIpc) is 2.72. The number of nitrogens with one attached hydrogen (secondary N) is 2. The van der Waals surface area contributed by atoms with Crippen LogP contribution in [0.5, 0.6) is 0 Å². The van der Waals surface area contributed by atoms with Gasteiger partial charge in [0.15, 0.2) is 0 Å². The van der Waals surface area contributed by atoms with Crippen molar-refractivity contribution >= 4 is 22.0 Å². The lowest BCUT2D eigenvalue weighted by Crippen LogP contribution is -2.48. The summed E-state index contributed by atoms with van der Waals surface area (Å²) in [5.41, 5.74) is 2.98. The van der Waals surface area contributed by atoms with E-state index in [1.54, 1.807) is 12.1 Å². The molecule has 2 atom stereocenters. The molecule has 0 aliphatic rings. The first-order valence-corrected chi connectivity index (χ1v) is 11.9. The third-order valence-electron chi connectivity index (χ3n) is 4.98. The molecule has 0 unspecified atom stereocenters. The highest BCUT2D eigenvalue weighted by atomic mass is 32.2. The van der Waals surface area contributed by atoms with E-state index in [-0.39, 0.29) is 30.2 Å². The second kappa shape index (κ2) is 11.2. The Morgan fingerprint density at radius 1 is 0.875 bits per heavy atom. The molecule has 0 spiro atoms. The number of sulfonamides is 1. The van der Waals surface area contributed by atoms with Crippen LogP contribution in [-0.4, -0.2) is 49.2 Å². The molecular formula is C23H30N2O6S. The van der Waals surface area contributed by atoms with E-state index in [2.05, 4.69) is 10.0 Å². The normalized spacial score (nSPS) is 13.6. The van der Waals surface area contributed by atoms with Gasteiger partial charge in [-0.3, -0.25) is 14.9 Å². The van der Waals surface area contributed by atoms with E-state index in [1.807, 2.05) is 45.0 Å². The molecule has 0 aromatic heterocycles. The van der Waals surface area contributed by atoms with Gasteiger partial charge in [0.25, 0.3) is 0 Å². The molecule has 0 saturated carbocycles. The summed E-state index contributed by atoms with van der Waals surface area (Å²) >= 11 is 0. The van der Waals surface area contributed by atoms with Gasteiger partial charge in [-0.25, -0.2) is 13.1 Å². The molecule has 0 saturated heterocycles. The van der Waals surface area contributed by atoms with Crippen LogP contribution in [0.4, 0.5) is 0 Å². The van der Waals surface area contributed by atoms with Crippen LogP contribution in [0.2, 0.25) is 0 Å². The third-order valence-corrected chi connectivity index (χ3v) is 6.46. The Hall–Kier alpha value is -2.75. The molecule has 0 bridgehead atoms. The Morgan fingerprint density at radius 3 is 1.84 bits per heavy atom. The standard InChI is InChI=1S/C23H30N2O6S/c1-15(2)14-21(23(28)29)25-20(22(26)27)12-13-24-32(30,31)19-10-8-18(9-11-19)17-6-4-16(3)5-7-17/h4-11,15,20-21,24-25H,12-14H2,1-3H3,(H,26,27)(H,28,29)/t20-,21-/m0/s1. The molecule has 0 amide bonds. The predicted molar refractivity (Wildman–Crippen MR) is 122 cm³/mol. The van der Waals surface area contributed by atoms with E-state index in [0.29, 0.717) is 0 Å². The Bertz CT molecular complexity index is 1020. The highest BCUT2D eigenvalue weighted by molar-refractivity contribution is 7.89. The molecule has 174 valence electrons. The Labute approximate surface area is 188 Å². The first-order chi connectivity index (χ1) is 15.0. The van der Waals surface area contributed by atoms with Crippen molar-refractivity contribution in [3.8, 4) is 11.1 Å². The van der Waals surface area contributed by atoms with Crippen molar-refractivity contribution in [3.05, 3.63) is 54.1 Å². The van der Waals surface area contributed by atoms with E-state index in [4.69, 9.17) is 0 Å². The van der Waals surface area contributed by atoms with Crippen LogP contribution >= 0.6 is 0 Å². The first-order valence-electron chi connectivity index (χ1n) is 10.4. The average molecular weight is 463 g/mol. The van der Waals surface area contributed by atoms with Crippen molar-refractivity contribution < 1.29 is 28.2 Å². The fourth-order valence-corrected chi connectivity index (χ4v) is 4.27. The number of hydrogen-bond acceptors (Lipinski definition) is 5. The molecule has 2 rings (SSSR count). The molecule has 2 aromatic carbocycles. The molecule has 32 heavy (non-hydrogen) atoms. The Balaban J connectivity index is 2.00. The lowest BCUT2D eigenvalue weighted by molar-refractivity contribution is -0.143. The molecule has 9 heteroatoms. The highest BCUT2D eigenvalue weighted by Crippen LogP contribution is 2.21. The number of carbonyl (C=O) groups is 2. The maximum atomic E-state index is 12.6. The minimum Gasteiger partial charge on any atom is -0.480 e. The van der Waals surface area contributed by atoms with E-state index in [1.165, 1.54) is 12.1 Å². The minimum atomic E-state index is -3.84. The summed E-state index contributed by atoms with van der Waals surface area (Å²) in [6.45, 7) is 5.51. The SMILES string of the molecule is Cc1ccc(-c2ccc(S(=O)(=O)NCC[C@H](N[C@@H](CC(C)C)C(=O)O)C(=O)O)cc2)cc1. The quantitative estimate of drug-likeness (QED) is 0.381. The van der Waals surface area contributed by atoms with Gasteiger partial charge in [0.1, 0.15) is 12.1 Å². The fraction of sp³-hybridized carbons (Fsp3) is 0.391. The van der Waals surface area contributed by atoms with Gasteiger partial charge in [0, 0.05) is 6.54 Å². The van der Waals surface area contributed by atoms with Crippen LogP contribution in [0, 0.1) is 12.8 Å². The van der Waals surface area contributed by atoms with Crippen LogP contribution in [0.1, 0.15) is 32.3 Å².